The molecule has 6 nitrogen and oxygen atoms in total. The Kier molecular flexibility index (Phi) is 5.33. The van der Waals surface area contributed by atoms with Gasteiger partial charge in [0.15, 0.2) is 0 Å². The van der Waals surface area contributed by atoms with E-state index in [4.69, 9.17) is 10.00 Å². The van der Waals surface area contributed by atoms with E-state index < -0.39 is 11.2 Å². The number of ether oxygens (including phenoxy) is 1. The normalized spacial score (nSPS) is 10.6. The van der Waals surface area contributed by atoms with E-state index in [0.29, 0.717) is 13.2 Å². The third-order valence-electron chi connectivity index (χ3n) is 2.38. The maximum atomic E-state index is 11.4. The summed E-state index contributed by atoms with van der Waals surface area (Å²) in [6, 6.07) is 1.75. The number of aryl methyl sites for hydroxylation is 1. The van der Waals surface area contributed by atoms with Crippen LogP contribution < -0.4 is 11.2 Å². The Hall–Kier alpha value is -1.87. The van der Waals surface area contributed by atoms with Gasteiger partial charge in [0.25, 0.3) is 5.56 Å². The first kappa shape index (κ1) is 14.2. The zero-order valence-corrected chi connectivity index (χ0v) is 10.6. The highest BCUT2D eigenvalue weighted by atomic mass is 16.5. The van der Waals surface area contributed by atoms with Gasteiger partial charge >= 0.3 is 5.69 Å². The summed E-state index contributed by atoms with van der Waals surface area (Å²) < 4.78 is 6.72. The lowest BCUT2D eigenvalue weighted by Gasteiger charge is -2.08. The Morgan fingerprint density at radius 2 is 2.17 bits per heavy atom. The first-order valence-electron chi connectivity index (χ1n) is 5.90. The second kappa shape index (κ2) is 6.77. The van der Waals surface area contributed by atoms with Crippen molar-refractivity contribution in [1.82, 2.24) is 9.55 Å². The minimum atomic E-state index is -0.637. The van der Waals surface area contributed by atoms with E-state index in [1.165, 1.54) is 10.8 Å². The molecule has 1 rings (SSSR count). The van der Waals surface area contributed by atoms with Crippen molar-refractivity contribution in [2.45, 2.75) is 39.3 Å². The molecule has 0 aliphatic heterocycles. The summed E-state index contributed by atoms with van der Waals surface area (Å²) in [6.45, 7) is 5.03. The lowest BCUT2D eigenvalue weighted by molar-refractivity contribution is 0.0754. The molecule has 98 valence electrons. The monoisotopic (exact) mass is 251 g/mol. The summed E-state index contributed by atoms with van der Waals surface area (Å²) in [5.74, 6) is 0. The van der Waals surface area contributed by atoms with Crippen molar-refractivity contribution in [3.8, 4) is 6.07 Å². The van der Waals surface area contributed by atoms with Crippen LogP contribution in [0.15, 0.2) is 15.8 Å². The Balaban J connectivity index is 2.56. The van der Waals surface area contributed by atoms with Crippen molar-refractivity contribution in [3.05, 3.63) is 32.6 Å². The van der Waals surface area contributed by atoms with Crippen molar-refractivity contribution < 1.29 is 4.74 Å². The average molecular weight is 251 g/mol. The molecule has 18 heavy (non-hydrogen) atoms. The van der Waals surface area contributed by atoms with E-state index in [1.807, 2.05) is 13.8 Å². The molecule has 1 N–H and O–H groups in total. The molecule has 0 spiro atoms. The fourth-order valence-electron chi connectivity index (χ4n) is 1.46. The van der Waals surface area contributed by atoms with Gasteiger partial charge in [0.2, 0.25) is 0 Å². The molecule has 0 atom stereocenters. The molecule has 0 saturated heterocycles. The Bertz CT molecular complexity index is 537. The second-order valence-corrected chi connectivity index (χ2v) is 4.23. The molecule has 0 fully saturated rings. The van der Waals surface area contributed by atoms with Crippen LogP contribution in [0.3, 0.4) is 0 Å². The molecule has 1 heterocycles. The molecule has 0 unspecified atom stereocenters. The highest BCUT2D eigenvalue weighted by Gasteiger charge is 2.03. The van der Waals surface area contributed by atoms with E-state index in [1.54, 1.807) is 6.07 Å². The molecule has 0 aromatic carbocycles. The highest BCUT2D eigenvalue weighted by Crippen LogP contribution is 1.96. The Morgan fingerprint density at radius 3 is 2.78 bits per heavy atom. The van der Waals surface area contributed by atoms with Crippen LogP contribution in [0.1, 0.15) is 32.3 Å². The van der Waals surface area contributed by atoms with Gasteiger partial charge in [-0.2, -0.15) is 5.26 Å². The summed E-state index contributed by atoms with van der Waals surface area (Å²) in [7, 11) is 0. The maximum Gasteiger partial charge on any atom is 0.328 e. The molecular formula is C12H17N3O3. The van der Waals surface area contributed by atoms with Crippen molar-refractivity contribution in [3.63, 3.8) is 0 Å². The highest BCUT2D eigenvalue weighted by molar-refractivity contribution is 5.21. The summed E-state index contributed by atoms with van der Waals surface area (Å²) in [6.07, 6.45) is 3.07. The van der Waals surface area contributed by atoms with E-state index in [-0.39, 0.29) is 11.7 Å². The first-order chi connectivity index (χ1) is 8.54. The second-order valence-electron chi connectivity index (χ2n) is 4.23. The SMILES string of the molecule is CC(C)OCCCCn1cc(C#N)c(=O)[nH]c1=O. The molecule has 0 bridgehead atoms. The summed E-state index contributed by atoms with van der Waals surface area (Å²) in [5, 5.41) is 8.70. The van der Waals surface area contributed by atoms with Crippen molar-refractivity contribution in [1.29, 1.82) is 5.26 Å². The van der Waals surface area contributed by atoms with Crippen LogP contribution in [0.4, 0.5) is 0 Å². The number of H-pyrrole nitrogens is 1. The van der Waals surface area contributed by atoms with Crippen molar-refractivity contribution in [2.75, 3.05) is 6.61 Å². The van der Waals surface area contributed by atoms with Gasteiger partial charge in [-0.05, 0) is 26.7 Å². The lowest BCUT2D eigenvalue weighted by atomic mass is 10.3. The number of nitrogens with zero attached hydrogens (tertiary/aromatic N) is 2. The molecular weight excluding hydrogens is 234 g/mol. The third-order valence-corrected chi connectivity index (χ3v) is 2.38. The van der Waals surface area contributed by atoms with Crippen LogP contribution in [0, 0.1) is 11.3 Å². The number of hydrogen-bond donors (Lipinski definition) is 1. The Morgan fingerprint density at radius 1 is 1.44 bits per heavy atom. The van der Waals surface area contributed by atoms with Crippen LogP contribution in [0.2, 0.25) is 0 Å². The number of nitriles is 1. The third kappa shape index (κ3) is 4.18. The van der Waals surface area contributed by atoms with Crippen LogP contribution in [0.5, 0.6) is 0 Å². The number of rotatable bonds is 6. The van der Waals surface area contributed by atoms with Gasteiger partial charge in [-0.1, -0.05) is 0 Å². The van der Waals surface area contributed by atoms with Crippen molar-refractivity contribution >= 4 is 0 Å². The van der Waals surface area contributed by atoms with E-state index in [9.17, 15) is 9.59 Å². The molecule has 1 aromatic rings. The van der Waals surface area contributed by atoms with E-state index >= 15 is 0 Å². The molecule has 0 saturated carbocycles. The number of hydrogen-bond acceptors (Lipinski definition) is 4. The van der Waals surface area contributed by atoms with Crippen LogP contribution >= 0.6 is 0 Å². The molecule has 0 amide bonds. The smallest absolute Gasteiger partial charge is 0.328 e. The van der Waals surface area contributed by atoms with E-state index in [0.717, 1.165) is 12.8 Å². The number of aromatic nitrogens is 2. The number of aromatic amines is 1. The number of unbranched alkanes of at least 4 members (excludes halogenated alkanes) is 1. The minimum Gasteiger partial charge on any atom is -0.379 e. The Labute approximate surface area is 105 Å². The fraction of sp³-hybridized carbons (Fsp3) is 0.583. The average Bonchev–Trinajstić information content (AvgIpc) is 2.30. The molecule has 0 aliphatic rings. The van der Waals surface area contributed by atoms with Gasteiger partial charge in [-0.3, -0.25) is 14.3 Å². The van der Waals surface area contributed by atoms with Gasteiger partial charge in [0, 0.05) is 19.3 Å². The van der Waals surface area contributed by atoms with Gasteiger partial charge in [-0.15, -0.1) is 0 Å². The summed E-state index contributed by atoms with van der Waals surface area (Å²) in [4.78, 5) is 24.7. The molecule has 6 heteroatoms. The predicted molar refractivity (Wildman–Crippen MR) is 66.4 cm³/mol. The molecule has 1 aromatic heterocycles. The fourth-order valence-corrected chi connectivity index (χ4v) is 1.46. The minimum absolute atomic E-state index is 0.0481. The quantitative estimate of drug-likeness (QED) is 0.750. The van der Waals surface area contributed by atoms with Gasteiger partial charge in [0.1, 0.15) is 11.6 Å². The topological polar surface area (TPSA) is 87.9 Å². The predicted octanol–water partition coefficient (Wildman–Crippen LogP) is 0.613. The van der Waals surface area contributed by atoms with Crippen LogP contribution in [-0.2, 0) is 11.3 Å². The molecule has 0 radical (unpaired) electrons. The molecule has 0 aliphatic carbocycles. The zero-order valence-electron chi connectivity index (χ0n) is 10.6. The van der Waals surface area contributed by atoms with Crippen LogP contribution in [0.25, 0.3) is 0 Å². The maximum absolute atomic E-state index is 11.4. The largest absolute Gasteiger partial charge is 0.379 e. The van der Waals surface area contributed by atoms with Crippen molar-refractivity contribution in [2.24, 2.45) is 0 Å². The van der Waals surface area contributed by atoms with Crippen LogP contribution in [-0.4, -0.2) is 22.3 Å². The number of nitrogens with one attached hydrogen (secondary N) is 1. The van der Waals surface area contributed by atoms with E-state index in [2.05, 4.69) is 4.98 Å². The van der Waals surface area contributed by atoms with Gasteiger partial charge < -0.3 is 4.74 Å². The lowest BCUT2D eigenvalue weighted by Crippen LogP contribution is -2.31. The van der Waals surface area contributed by atoms with Gasteiger partial charge in [0.05, 0.1) is 6.10 Å². The zero-order chi connectivity index (χ0) is 13.5. The summed E-state index contributed by atoms with van der Waals surface area (Å²) >= 11 is 0. The summed E-state index contributed by atoms with van der Waals surface area (Å²) in [5.41, 5.74) is -1.17. The van der Waals surface area contributed by atoms with Gasteiger partial charge in [-0.25, -0.2) is 4.79 Å². The standard InChI is InChI=1S/C12H17N3O3/c1-9(2)18-6-4-3-5-15-8-10(7-13)11(16)14-12(15)17/h8-9H,3-6H2,1-2H3,(H,14,16,17). The first-order valence-corrected chi connectivity index (χ1v) is 5.90.